The van der Waals surface area contributed by atoms with E-state index in [4.69, 9.17) is 4.74 Å². The summed E-state index contributed by atoms with van der Waals surface area (Å²) >= 11 is 0. The molecule has 1 fully saturated rings. The Morgan fingerprint density at radius 3 is 2.19 bits per heavy atom. The van der Waals surface area contributed by atoms with E-state index < -0.39 is 11.7 Å². The van der Waals surface area contributed by atoms with Gasteiger partial charge in [0, 0.05) is 5.92 Å². The van der Waals surface area contributed by atoms with Crippen LogP contribution in [0.1, 0.15) is 44.4 Å². The van der Waals surface area contributed by atoms with Gasteiger partial charge >= 0.3 is 6.09 Å². The van der Waals surface area contributed by atoms with E-state index in [9.17, 15) is 9.59 Å². The Morgan fingerprint density at radius 1 is 1.04 bits per heavy atom. The Bertz CT molecular complexity index is 765. The molecule has 2 atom stereocenters. The molecule has 0 N–H and O–H groups in total. The fourth-order valence-corrected chi connectivity index (χ4v) is 3.38. The largest absolute Gasteiger partial charge is 0.443 e. The molecule has 0 radical (unpaired) electrons. The summed E-state index contributed by atoms with van der Waals surface area (Å²) in [7, 11) is 0. The van der Waals surface area contributed by atoms with Gasteiger partial charge in [-0.2, -0.15) is 0 Å². The van der Waals surface area contributed by atoms with Gasteiger partial charge in [0.05, 0.1) is 6.04 Å². The molecule has 3 rings (SSSR count). The van der Waals surface area contributed by atoms with Crippen LogP contribution in [0.5, 0.6) is 0 Å². The molecule has 2 amide bonds. The molecule has 0 bridgehead atoms. The molecule has 0 unspecified atom stereocenters. The summed E-state index contributed by atoms with van der Waals surface area (Å²) in [5, 5.41) is 0. The third kappa shape index (κ3) is 4.13. The maximum Gasteiger partial charge on any atom is 0.417 e. The fraction of sp³-hybridized carbons (Fsp3) is 0.364. The Morgan fingerprint density at radius 2 is 1.62 bits per heavy atom. The molecule has 1 saturated heterocycles. The van der Waals surface area contributed by atoms with Crippen molar-refractivity contribution >= 4 is 12.0 Å². The molecule has 1 aliphatic heterocycles. The first kappa shape index (κ1) is 18.2. The lowest BCUT2D eigenvalue weighted by Gasteiger charge is -2.27. The van der Waals surface area contributed by atoms with Crippen molar-refractivity contribution in [2.45, 2.75) is 45.3 Å². The quantitative estimate of drug-likeness (QED) is 0.801. The minimum Gasteiger partial charge on any atom is -0.443 e. The minimum absolute atomic E-state index is 0.156. The maximum atomic E-state index is 13.0. The number of carbonyl (C=O) groups is 2. The Labute approximate surface area is 154 Å². The first-order valence-electron chi connectivity index (χ1n) is 9.00. The second kappa shape index (κ2) is 7.32. The van der Waals surface area contributed by atoms with Crippen molar-refractivity contribution in [3.8, 4) is 0 Å². The molecule has 4 nitrogen and oxygen atoms in total. The molecule has 26 heavy (non-hydrogen) atoms. The van der Waals surface area contributed by atoms with Crippen LogP contribution in [0.25, 0.3) is 0 Å². The number of likely N-dealkylation sites (tertiary alicyclic amines) is 1. The van der Waals surface area contributed by atoms with Crippen LogP contribution in [0.4, 0.5) is 4.79 Å². The van der Waals surface area contributed by atoms with Crippen molar-refractivity contribution in [3.05, 3.63) is 71.8 Å². The summed E-state index contributed by atoms with van der Waals surface area (Å²) in [4.78, 5) is 27.1. The number of rotatable bonds is 3. The predicted octanol–water partition coefficient (Wildman–Crippen LogP) is 4.75. The van der Waals surface area contributed by atoms with Gasteiger partial charge in [-0.15, -0.1) is 0 Å². The van der Waals surface area contributed by atoms with Gasteiger partial charge in [-0.1, -0.05) is 60.7 Å². The molecule has 2 aromatic rings. The third-order valence-electron chi connectivity index (χ3n) is 4.51. The van der Waals surface area contributed by atoms with Gasteiger partial charge < -0.3 is 4.74 Å². The zero-order chi connectivity index (χ0) is 18.7. The first-order chi connectivity index (χ1) is 12.3. The molecule has 0 aromatic heterocycles. The van der Waals surface area contributed by atoms with Crippen LogP contribution >= 0.6 is 0 Å². The number of benzene rings is 2. The molecular formula is C22H25NO3. The van der Waals surface area contributed by atoms with E-state index in [2.05, 4.69) is 0 Å². The normalized spacial score (nSPS) is 20.3. The average molecular weight is 351 g/mol. The molecule has 0 saturated carbocycles. The zero-order valence-corrected chi connectivity index (χ0v) is 15.5. The van der Waals surface area contributed by atoms with Gasteiger partial charge in [0.1, 0.15) is 5.60 Å². The summed E-state index contributed by atoms with van der Waals surface area (Å²) < 4.78 is 5.51. The number of amides is 2. The molecule has 1 aliphatic rings. The first-order valence-corrected chi connectivity index (χ1v) is 9.00. The van der Waals surface area contributed by atoms with E-state index in [1.807, 2.05) is 81.4 Å². The Balaban J connectivity index is 1.87. The molecule has 2 aromatic carbocycles. The lowest BCUT2D eigenvalue weighted by molar-refractivity contribution is -0.131. The second-order valence-electron chi connectivity index (χ2n) is 7.74. The van der Waals surface area contributed by atoms with Gasteiger partial charge in [-0.25, -0.2) is 9.69 Å². The summed E-state index contributed by atoms with van der Waals surface area (Å²) in [6.07, 6.45) is 0.672. The van der Waals surface area contributed by atoms with Gasteiger partial charge in [-0.3, -0.25) is 4.79 Å². The van der Waals surface area contributed by atoms with Crippen molar-refractivity contribution in [1.29, 1.82) is 0 Å². The van der Waals surface area contributed by atoms with E-state index in [-0.39, 0.29) is 17.9 Å². The molecule has 0 spiro atoms. The van der Waals surface area contributed by atoms with Gasteiger partial charge in [-0.05, 0) is 44.7 Å². The highest BCUT2D eigenvalue weighted by atomic mass is 16.6. The van der Waals surface area contributed by atoms with Crippen molar-refractivity contribution in [1.82, 2.24) is 4.90 Å². The maximum absolute atomic E-state index is 13.0. The van der Waals surface area contributed by atoms with Gasteiger partial charge in [0.15, 0.2) is 0 Å². The van der Waals surface area contributed by atoms with Gasteiger partial charge in [0.25, 0.3) is 0 Å². The summed E-state index contributed by atoms with van der Waals surface area (Å²) in [5.41, 5.74) is 1.42. The highest BCUT2D eigenvalue weighted by Crippen LogP contribution is 2.38. The van der Waals surface area contributed by atoms with Crippen LogP contribution in [-0.2, 0) is 16.0 Å². The van der Waals surface area contributed by atoms with Crippen molar-refractivity contribution in [2.24, 2.45) is 5.92 Å². The van der Waals surface area contributed by atoms with Crippen LogP contribution < -0.4 is 0 Å². The number of nitrogens with zero attached hydrogens (tertiary/aromatic N) is 1. The van der Waals surface area contributed by atoms with Crippen LogP contribution in [0.15, 0.2) is 60.7 Å². The predicted molar refractivity (Wildman–Crippen MR) is 101 cm³/mol. The van der Waals surface area contributed by atoms with Crippen LogP contribution in [-0.4, -0.2) is 22.5 Å². The Hall–Kier alpha value is -2.62. The molecule has 4 heteroatoms. The SMILES string of the molecule is CC(C)(C)OC(=O)N1C(=O)[C@@H](Cc2ccccc2)C[C@@H]1c1ccccc1. The van der Waals surface area contributed by atoms with Crippen molar-refractivity contribution in [3.63, 3.8) is 0 Å². The number of carbonyl (C=O) groups excluding carboxylic acids is 2. The summed E-state index contributed by atoms with van der Waals surface area (Å²) in [5.74, 6) is -0.382. The molecule has 136 valence electrons. The smallest absolute Gasteiger partial charge is 0.417 e. The minimum atomic E-state index is -0.643. The number of ether oxygens (including phenoxy) is 1. The van der Waals surface area contributed by atoms with Crippen molar-refractivity contribution < 1.29 is 14.3 Å². The lowest BCUT2D eigenvalue weighted by Crippen LogP contribution is -2.40. The zero-order valence-electron chi connectivity index (χ0n) is 15.5. The third-order valence-corrected chi connectivity index (χ3v) is 4.51. The molecule has 0 aliphatic carbocycles. The van der Waals surface area contributed by atoms with Crippen molar-refractivity contribution in [2.75, 3.05) is 0 Å². The van der Waals surface area contributed by atoms with Gasteiger partial charge in [0.2, 0.25) is 5.91 Å². The van der Waals surface area contributed by atoms with Crippen LogP contribution in [0, 0.1) is 5.92 Å². The average Bonchev–Trinajstić information content (AvgIpc) is 2.92. The van der Waals surface area contributed by atoms with Crippen LogP contribution in [0.2, 0.25) is 0 Å². The highest BCUT2D eigenvalue weighted by Gasteiger charge is 2.45. The van der Waals surface area contributed by atoms with E-state index in [0.717, 1.165) is 11.1 Å². The van der Waals surface area contributed by atoms with E-state index in [1.165, 1.54) is 4.90 Å². The highest BCUT2D eigenvalue weighted by molar-refractivity contribution is 5.96. The summed E-state index contributed by atoms with van der Waals surface area (Å²) in [6.45, 7) is 5.43. The van der Waals surface area contributed by atoms with E-state index in [1.54, 1.807) is 0 Å². The molecule has 1 heterocycles. The lowest BCUT2D eigenvalue weighted by atomic mass is 9.94. The second-order valence-corrected chi connectivity index (χ2v) is 7.74. The van der Waals surface area contributed by atoms with Crippen LogP contribution in [0.3, 0.4) is 0 Å². The fourth-order valence-electron chi connectivity index (χ4n) is 3.38. The number of hydrogen-bond acceptors (Lipinski definition) is 3. The number of hydrogen-bond donors (Lipinski definition) is 0. The summed E-state index contributed by atoms with van der Waals surface area (Å²) in [6, 6.07) is 19.3. The monoisotopic (exact) mass is 351 g/mol. The Kier molecular flexibility index (Phi) is 5.12. The number of imide groups is 1. The van der Waals surface area contributed by atoms with E-state index in [0.29, 0.717) is 12.8 Å². The molecular weight excluding hydrogens is 326 g/mol. The van der Waals surface area contributed by atoms with E-state index >= 15 is 0 Å². The standard InChI is InChI=1S/C22H25NO3/c1-22(2,3)26-21(25)23-19(17-12-8-5-9-13-17)15-18(20(23)24)14-16-10-6-4-7-11-16/h4-13,18-19H,14-15H2,1-3H3/t18-,19+/m0/s1. The topological polar surface area (TPSA) is 46.6 Å².